The molecule has 1 aromatic rings. The predicted octanol–water partition coefficient (Wildman–Crippen LogP) is 1.51. The number of esters is 1. The summed E-state index contributed by atoms with van der Waals surface area (Å²) in [5.41, 5.74) is 0.214. The summed E-state index contributed by atoms with van der Waals surface area (Å²) in [7, 11) is 2.99. The molecule has 19 heavy (non-hydrogen) atoms. The monoisotopic (exact) mass is 267 g/mol. The Kier molecular flexibility index (Phi) is 6.21. The number of hydrogen-bond acceptors (Lipinski definition) is 6. The smallest absolute Gasteiger partial charge is 0.358 e. The molecular weight excluding hydrogens is 246 g/mol. The van der Waals surface area contributed by atoms with Crippen LogP contribution in [0.4, 0.5) is 5.82 Å². The first-order chi connectivity index (χ1) is 9.13. The molecule has 0 amide bonds. The lowest BCUT2D eigenvalue weighted by atomic mass is 10.2. The normalized spacial score (nSPS) is 12.0. The molecule has 0 aliphatic heterocycles. The van der Waals surface area contributed by atoms with Crippen LogP contribution in [-0.4, -0.2) is 49.4 Å². The largest absolute Gasteiger partial charge is 0.464 e. The van der Waals surface area contributed by atoms with Crippen LogP contribution in [-0.2, 0) is 9.47 Å². The summed E-state index contributed by atoms with van der Waals surface area (Å²) in [6.07, 6.45) is 4.02. The Hall–Kier alpha value is -1.69. The van der Waals surface area contributed by atoms with Gasteiger partial charge in [-0.25, -0.2) is 9.78 Å². The Labute approximate surface area is 113 Å². The first-order valence-electron chi connectivity index (χ1n) is 6.30. The van der Waals surface area contributed by atoms with E-state index < -0.39 is 5.97 Å². The number of aromatic nitrogens is 2. The number of rotatable bonds is 7. The molecule has 1 unspecified atom stereocenters. The molecule has 0 bridgehead atoms. The van der Waals surface area contributed by atoms with E-state index in [-0.39, 0.29) is 11.7 Å². The highest BCUT2D eigenvalue weighted by Gasteiger charge is 2.17. The molecule has 1 aromatic heterocycles. The number of ether oxygens (including phenoxy) is 2. The summed E-state index contributed by atoms with van der Waals surface area (Å²) in [5, 5.41) is 0. The van der Waals surface area contributed by atoms with Crippen molar-refractivity contribution in [2.45, 2.75) is 26.3 Å². The van der Waals surface area contributed by atoms with Crippen molar-refractivity contribution < 1.29 is 14.3 Å². The summed E-state index contributed by atoms with van der Waals surface area (Å²) in [6, 6.07) is 0.289. The van der Waals surface area contributed by atoms with Gasteiger partial charge in [0.05, 0.1) is 26.1 Å². The maximum Gasteiger partial charge on any atom is 0.358 e. The number of methoxy groups -OCH3 is 2. The van der Waals surface area contributed by atoms with Gasteiger partial charge in [-0.3, -0.25) is 4.98 Å². The molecular formula is C13H21N3O3. The van der Waals surface area contributed by atoms with Gasteiger partial charge in [0.15, 0.2) is 5.69 Å². The van der Waals surface area contributed by atoms with Crippen molar-refractivity contribution in [3.63, 3.8) is 0 Å². The van der Waals surface area contributed by atoms with Crippen LogP contribution >= 0.6 is 0 Å². The van der Waals surface area contributed by atoms with Crippen LogP contribution in [0.25, 0.3) is 0 Å². The summed E-state index contributed by atoms with van der Waals surface area (Å²) in [4.78, 5) is 21.9. The van der Waals surface area contributed by atoms with Crippen LogP contribution in [0.3, 0.4) is 0 Å². The van der Waals surface area contributed by atoms with Crippen LogP contribution in [0.2, 0.25) is 0 Å². The van der Waals surface area contributed by atoms with Gasteiger partial charge in [0, 0.05) is 19.7 Å². The number of carbonyl (C=O) groups is 1. The molecule has 0 fully saturated rings. The lowest BCUT2D eigenvalue weighted by Crippen LogP contribution is -2.36. The molecule has 0 aliphatic rings. The minimum Gasteiger partial charge on any atom is -0.464 e. The number of anilines is 1. The maximum absolute atomic E-state index is 11.5. The van der Waals surface area contributed by atoms with Crippen molar-refractivity contribution in [1.82, 2.24) is 9.97 Å². The Morgan fingerprint density at radius 2 is 2.16 bits per heavy atom. The summed E-state index contributed by atoms with van der Waals surface area (Å²) in [6.45, 7) is 5.49. The van der Waals surface area contributed by atoms with Gasteiger partial charge in [-0.15, -0.1) is 0 Å². The zero-order valence-corrected chi connectivity index (χ0v) is 11.9. The fraction of sp³-hybridized carbons (Fsp3) is 0.615. The Morgan fingerprint density at radius 1 is 1.42 bits per heavy atom. The van der Waals surface area contributed by atoms with Gasteiger partial charge in [0.1, 0.15) is 5.82 Å². The average molecular weight is 267 g/mol. The third-order valence-corrected chi connectivity index (χ3v) is 2.97. The third-order valence-electron chi connectivity index (χ3n) is 2.97. The highest BCUT2D eigenvalue weighted by atomic mass is 16.5. The second-order valence-electron chi connectivity index (χ2n) is 4.20. The molecule has 0 aliphatic carbocycles. The van der Waals surface area contributed by atoms with Gasteiger partial charge in [-0.1, -0.05) is 6.92 Å². The van der Waals surface area contributed by atoms with Gasteiger partial charge in [0.2, 0.25) is 0 Å². The number of hydrogen-bond donors (Lipinski definition) is 0. The predicted molar refractivity (Wildman–Crippen MR) is 72.3 cm³/mol. The minimum absolute atomic E-state index is 0.214. The van der Waals surface area contributed by atoms with Crippen molar-refractivity contribution in [2.24, 2.45) is 0 Å². The van der Waals surface area contributed by atoms with Gasteiger partial charge >= 0.3 is 5.97 Å². The lowest BCUT2D eigenvalue weighted by molar-refractivity contribution is 0.0593. The average Bonchev–Trinajstić information content (AvgIpc) is 2.46. The van der Waals surface area contributed by atoms with E-state index in [9.17, 15) is 4.79 Å². The molecule has 6 heteroatoms. The second kappa shape index (κ2) is 7.68. The van der Waals surface area contributed by atoms with E-state index in [1.165, 1.54) is 13.3 Å². The zero-order chi connectivity index (χ0) is 14.3. The molecule has 1 rings (SSSR count). The molecule has 0 saturated carbocycles. The Bertz CT molecular complexity index is 412. The number of carbonyl (C=O) groups excluding carboxylic acids is 1. The minimum atomic E-state index is -0.481. The first-order valence-corrected chi connectivity index (χ1v) is 6.30. The first kappa shape index (κ1) is 15.4. The van der Waals surface area contributed by atoms with E-state index in [1.54, 1.807) is 13.3 Å². The van der Waals surface area contributed by atoms with E-state index in [0.29, 0.717) is 19.0 Å². The molecule has 1 atom stereocenters. The van der Waals surface area contributed by atoms with Gasteiger partial charge < -0.3 is 14.4 Å². The molecule has 1 heterocycles. The van der Waals surface area contributed by atoms with E-state index in [2.05, 4.69) is 33.5 Å². The van der Waals surface area contributed by atoms with Gasteiger partial charge in [-0.2, -0.15) is 0 Å². The second-order valence-corrected chi connectivity index (χ2v) is 4.20. The van der Waals surface area contributed by atoms with Gasteiger partial charge in [-0.05, 0) is 13.3 Å². The molecule has 0 aromatic carbocycles. The van der Waals surface area contributed by atoms with E-state index >= 15 is 0 Å². The van der Waals surface area contributed by atoms with E-state index in [4.69, 9.17) is 4.74 Å². The number of nitrogens with zero attached hydrogens (tertiary/aromatic N) is 3. The maximum atomic E-state index is 11.5. The van der Waals surface area contributed by atoms with Crippen molar-refractivity contribution in [1.29, 1.82) is 0 Å². The third kappa shape index (κ3) is 4.17. The SMILES string of the molecule is CCC(C)N(CCOC)c1cncc(C(=O)OC)n1. The zero-order valence-electron chi connectivity index (χ0n) is 11.9. The van der Waals surface area contributed by atoms with E-state index in [0.717, 1.165) is 6.42 Å². The molecule has 106 valence electrons. The fourth-order valence-corrected chi connectivity index (χ4v) is 1.67. The molecule has 0 N–H and O–H groups in total. The van der Waals surface area contributed by atoms with E-state index in [1.807, 2.05) is 0 Å². The van der Waals surface area contributed by atoms with Crippen molar-refractivity contribution >= 4 is 11.8 Å². The standard InChI is InChI=1S/C13H21N3O3/c1-5-10(2)16(6-7-18-3)12-9-14-8-11(15-12)13(17)19-4/h8-10H,5-7H2,1-4H3. The van der Waals surface area contributed by atoms with Crippen molar-refractivity contribution in [2.75, 3.05) is 32.3 Å². The summed E-state index contributed by atoms with van der Waals surface area (Å²) >= 11 is 0. The van der Waals surface area contributed by atoms with Crippen LogP contribution < -0.4 is 4.90 Å². The van der Waals surface area contributed by atoms with Crippen molar-refractivity contribution in [3.8, 4) is 0 Å². The lowest BCUT2D eigenvalue weighted by Gasteiger charge is -2.29. The highest BCUT2D eigenvalue weighted by molar-refractivity contribution is 5.87. The summed E-state index contributed by atoms with van der Waals surface area (Å²) in [5.74, 6) is 0.180. The Balaban J connectivity index is 2.97. The summed E-state index contributed by atoms with van der Waals surface area (Å²) < 4.78 is 9.76. The van der Waals surface area contributed by atoms with Crippen molar-refractivity contribution in [3.05, 3.63) is 18.1 Å². The topological polar surface area (TPSA) is 64.5 Å². The van der Waals surface area contributed by atoms with Crippen LogP contribution in [0.1, 0.15) is 30.8 Å². The molecule has 6 nitrogen and oxygen atoms in total. The molecule has 0 radical (unpaired) electrons. The highest BCUT2D eigenvalue weighted by Crippen LogP contribution is 2.15. The molecule has 0 saturated heterocycles. The quantitative estimate of drug-likeness (QED) is 0.698. The fourth-order valence-electron chi connectivity index (χ4n) is 1.67. The van der Waals surface area contributed by atoms with Crippen LogP contribution in [0.5, 0.6) is 0 Å². The Morgan fingerprint density at radius 3 is 2.74 bits per heavy atom. The molecule has 0 spiro atoms. The van der Waals surface area contributed by atoms with Gasteiger partial charge in [0.25, 0.3) is 0 Å². The van der Waals surface area contributed by atoms with Crippen LogP contribution in [0, 0.1) is 0 Å². The van der Waals surface area contributed by atoms with Crippen LogP contribution in [0.15, 0.2) is 12.4 Å².